The molecule has 0 unspecified atom stereocenters. The molecule has 2 atom stereocenters. The van der Waals surface area contributed by atoms with Gasteiger partial charge in [0.1, 0.15) is 0 Å². The normalized spacial score (nSPS) is 31.5. The highest BCUT2D eigenvalue weighted by Gasteiger charge is 2.34. The fraction of sp³-hybridized carbons (Fsp3) is 0.538. The summed E-state index contributed by atoms with van der Waals surface area (Å²) in [7, 11) is 0. The third-order valence-electron chi connectivity index (χ3n) is 3.11. The minimum atomic E-state index is -0.487. The highest BCUT2D eigenvalue weighted by Crippen LogP contribution is 2.39. The highest BCUT2D eigenvalue weighted by atomic mass is 32.2. The Labute approximate surface area is 95.9 Å². The Morgan fingerprint density at radius 2 is 2.00 bits per heavy atom. The standard InChI is InChI=1S/C13H18OS/c1-13(14)10-6-5-9-12(13)15-11-7-3-2-4-8-11/h2-4,7-8,12,14H,5-6,9-10H2,1H3/t12-,13-/m1/s1. The molecule has 0 saturated heterocycles. The van der Waals surface area contributed by atoms with E-state index in [1.807, 2.05) is 24.8 Å². The monoisotopic (exact) mass is 222 g/mol. The van der Waals surface area contributed by atoms with Crippen molar-refractivity contribution in [2.24, 2.45) is 0 Å². The molecule has 15 heavy (non-hydrogen) atoms. The van der Waals surface area contributed by atoms with E-state index in [4.69, 9.17) is 0 Å². The molecule has 1 saturated carbocycles. The average Bonchev–Trinajstić information content (AvgIpc) is 2.23. The summed E-state index contributed by atoms with van der Waals surface area (Å²) in [4.78, 5) is 1.27. The molecule has 1 aliphatic carbocycles. The van der Waals surface area contributed by atoms with Crippen LogP contribution in [0.15, 0.2) is 35.2 Å². The van der Waals surface area contributed by atoms with E-state index < -0.39 is 5.60 Å². The SMILES string of the molecule is C[C@@]1(O)CCCC[C@H]1Sc1ccccc1. The van der Waals surface area contributed by atoms with Crippen LogP contribution in [0, 0.1) is 0 Å². The van der Waals surface area contributed by atoms with Gasteiger partial charge in [-0.1, -0.05) is 31.0 Å². The smallest absolute Gasteiger partial charge is 0.0741 e. The van der Waals surface area contributed by atoms with Crippen LogP contribution in [0.1, 0.15) is 32.6 Å². The van der Waals surface area contributed by atoms with Crippen molar-refractivity contribution in [3.8, 4) is 0 Å². The second-order valence-corrected chi connectivity index (χ2v) is 5.80. The summed E-state index contributed by atoms with van der Waals surface area (Å²) >= 11 is 1.82. The number of rotatable bonds is 2. The van der Waals surface area contributed by atoms with Crippen LogP contribution >= 0.6 is 11.8 Å². The maximum Gasteiger partial charge on any atom is 0.0741 e. The van der Waals surface area contributed by atoms with Gasteiger partial charge in [0.15, 0.2) is 0 Å². The molecule has 0 bridgehead atoms. The summed E-state index contributed by atoms with van der Waals surface area (Å²) in [5.41, 5.74) is -0.487. The van der Waals surface area contributed by atoms with Gasteiger partial charge in [-0.25, -0.2) is 0 Å². The van der Waals surface area contributed by atoms with E-state index in [1.165, 1.54) is 17.7 Å². The van der Waals surface area contributed by atoms with E-state index in [0.29, 0.717) is 5.25 Å². The van der Waals surface area contributed by atoms with Crippen LogP contribution in [0.5, 0.6) is 0 Å². The van der Waals surface area contributed by atoms with Gasteiger partial charge in [-0.2, -0.15) is 0 Å². The van der Waals surface area contributed by atoms with Crippen molar-refractivity contribution in [2.75, 3.05) is 0 Å². The van der Waals surface area contributed by atoms with Gasteiger partial charge < -0.3 is 5.11 Å². The second-order valence-electron chi connectivity index (χ2n) is 4.52. The molecule has 2 heteroatoms. The van der Waals surface area contributed by atoms with E-state index in [9.17, 15) is 5.11 Å². The highest BCUT2D eigenvalue weighted by molar-refractivity contribution is 8.00. The van der Waals surface area contributed by atoms with Crippen molar-refractivity contribution in [3.05, 3.63) is 30.3 Å². The van der Waals surface area contributed by atoms with Gasteiger partial charge >= 0.3 is 0 Å². The molecule has 0 aliphatic heterocycles. The van der Waals surface area contributed by atoms with Gasteiger partial charge in [0.05, 0.1) is 5.60 Å². The number of hydrogen-bond acceptors (Lipinski definition) is 2. The molecule has 0 spiro atoms. The Morgan fingerprint density at radius 1 is 1.27 bits per heavy atom. The van der Waals surface area contributed by atoms with Gasteiger partial charge in [-0.15, -0.1) is 11.8 Å². The maximum atomic E-state index is 10.3. The largest absolute Gasteiger partial charge is 0.389 e. The molecule has 0 aromatic heterocycles. The Kier molecular flexibility index (Phi) is 3.37. The first-order valence-electron chi connectivity index (χ1n) is 5.62. The summed E-state index contributed by atoms with van der Waals surface area (Å²) in [5.74, 6) is 0. The summed E-state index contributed by atoms with van der Waals surface area (Å²) in [6.45, 7) is 1.98. The van der Waals surface area contributed by atoms with Crippen molar-refractivity contribution in [2.45, 2.75) is 48.4 Å². The molecule has 1 aromatic carbocycles. The summed E-state index contributed by atoms with van der Waals surface area (Å²) in [6, 6.07) is 10.4. The predicted molar refractivity (Wildman–Crippen MR) is 65.2 cm³/mol. The van der Waals surface area contributed by atoms with Crippen LogP contribution in [-0.2, 0) is 0 Å². The first-order valence-corrected chi connectivity index (χ1v) is 6.50. The molecule has 1 N–H and O–H groups in total. The molecular weight excluding hydrogens is 204 g/mol. The molecule has 0 amide bonds. The van der Waals surface area contributed by atoms with Crippen molar-refractivity contribution < 1.29 is 5.11 Å². The number of benzene rings is 1. The van der Waals surface area contributed by atoms with Gasteiger partial charge in [-0.05, 0) is 31.9 Å². The second kappa shape index (κ2) is 4.58. The number of aliphatic hydroxyl groups is 1. The van der Waals surface area contributed by atoms with E-state index in [1.54, 1.807) is 0 Å². The molecule has 1 aliphatic rings. The Morgan fingerprint density at radius 3 is 2.67 bits per heavy atom. The van der Waals surface area contributed by atoms with Crippen molar-refractivity contribution in [1.82, 2.24) is 0 Å². The third kappa shape index (κ3) is 2.76. The fourth-order valence-electron chi connectivity index (χ4n) is 2.13. The van der Waals surface area contributed by atoms with Crippen LogP contribution in [0.4, 0.5) is 0 Å². The molecule has 2 rings (SSSR count). The summed E-state index contributed by atoms with van der Waals surface area (Å²) in [5, 5.41) is 10.6. The third-order valence-corrected chi connectivity index (χ3v) is 4.69. The van der Waals surface area contributed by atoms with Crippen LogP contribution in [-0.4, -0.2) is 16.0 Å². The lowest BCUT2D eigenvalue weighted by atomic mass is 9.86. The zero-order chi connectivity index (χ0) is 10.7. The van der Waals surface area contributed by atoms with Gasteiger partial charge in [-0.3, -0.25) is 0 Å². The zero-order valence-electron chi connectivity index (χ0n) is 9.15. The Hall–Kier alpha value is -0.470. The van der Waals surface area contributed by atoms with E-state index in [2.05, 4.69) is 24.3 Å². The van der Waals surface area contributed by atoms with Crippen LogP contribution in [0.3, 0.4) is 0 Å². The molecule has 0 heterocycles. The molecule has 1 nitrogen and oxygen atoms in total. The van der Waals surface area contributed by atoms with Crippen LogP contribution in [0.2, 0.25) is 0 Å². The first kappa shape index (κ1) is 11.0. The van der Waals surface area contributed by atoms with Gasteiger partial charge in [0.2, 0.25) is 0 Å². The van der Waals surface area contributed by atoms with Crippen LogP contribution in [0.25, 0.3) is 0 Å². The molecule has 82 valence electrons. The molecule has 1 fully saturated rings. The van der Waals surface area contributed by atoms with E-state index >= 15 is 0 Å². The average molecular weight is 222 g/mol. The van der Waals surface area contributed by atoms with Gasteiger partial charge in [0, 0.05) is 10.1 Å². The van der Waals surface area contributed by atoms with Crippen LogP contribution < -0.4 is 0 Å². The predicted octanol–water partition coefficient (Wildman–Crippen LogP) is 3.47. The van der Waals surface area contributed by atoms with E-state index in [0.717, 1.165) is 12.8 Å². The first-order chi connectivity index (χ1) is 7.18. The lowest BCUT2D eigenvalue weighted by molar-refractivity contribution is 0.0291. The summed E-state index contributed by atoms with van der Waals surface area (Å²) in [6.07, 6.45) is 4.49. The fourth-order valence-corrected chi connectivity index (χ4v) is 3.43. The number of hydrogen-bond donors (Lipinski definition) is 1. The van der Waals surface area contributed by atoms with Crippen molar-refractivity contribution in [3.63, 3.8) is 0 Å². The lowest BCUT2D eigenvalue weighted by Crippen LogP contribution is -2.39. The zero-order valence-corrected chi connectivity index (χ0v) is 9.96. The minimum absolute atomic E-state index is 0.355. The molecule has 1 aromatic rings. The Bertz CT molecular complexity index is 308. The molecular formula is C13H18OS. The van der Waals surface area contributed by atoms with Gasteiger partial charge in [0.25, 0.3) is 0 Å². The quantitative estimate of drug-likeness (QED) is 0.826. The topological polar surface area (TPSA) is 20.2 Å². The molecule has 0 radical (unpaired) electrons. The number of thioether (sulfide) groups is 1. The van der Waals surface area contributed by atoms with E-state index in [-0.39, 0.29) is 0 Å². The summed E-state index contributed by atoms with van der Waals surface area (Å²) < 4.78 is 0. The maximum absolute atomic E-state index is 10.3. The Balaban J connectivity index is 2.05. The van der Waals surface area contributed by atoms with Crippen molar-refractivity contribution in [1.29, 1.82) is 0 Å². The van der Waals surface area contributed by atoms with Crippen molar-refractivity contribution >= 4 is 11.8 Å². The minimum Gasteiger partial charge on any atom is -0.389 e. The lowest BCUT2D eigenvalue weighted by Gasteiger charge is -2.36.